The van der Waals surface area contributed by atoms with Gasteiger partial charge in [0.25, 0.3) is 0 Å². The number of benzene rings is 1. The molecular weight excluding hydrogens is 300 g/mol. The van der Waals surface area contributed by atoms with Crippen LogP contribution < -0.4 is 15.4 Å². The van der Waals surface area contributed by atoms with E-state index >= 15 is 0 Å². The lowest BCUT2D eigenvalue weighted by Crippen LogP contribution is -2.46. The van der Waals surface area contributed by atoms with Crippen molar-refractivity contribution in [2.45, 2.75) is 44.2 Å². The van der Waals surface area contributed by atoms with Gasteiger partial charge in [0, 0.05) is 19.6 Å². The van der Waals surface area contributed by atoms with Gasteiger partial charge in [-0.05, 0) is 44.6 Å². The van der Waals surface area contributed by atoms with Crippen molar-refractivity contribution >= 4 is 5.96 Å². The van der Waals surface area contributed by atoms with E-state index < -0.39 is 0 Å². The predicted molar refractivity (Wildman–Crippen MR) is 101 cm³/mol. The van der Waals surface area contributed by atoms with Crippen LogP contribution >= 0.6 is 0 Å². The van der Waals surface area contributed by atoms with Gasteiger partial charge in [-0.25, -0.2) is 0 Å². The van der Waals surface area contributed by atoms with Crippen molar-refractivity contribution in [2.75, 3.05) is 34.8 Å². The number of hydrogen-bond donors (Lipinski definition) is 2. The molecule has 5 heteroatoms. The third kappa shape index (κ3) is 5.41. The molecule has 0 heterocycles. The lowest BCUT2D eigenvalue weighted by molar-refractivity contribution is 0.296. The van der Waals surface area contributed by atoms with Crippen molar-refractivity contribution in [3.8, 4) is 5.75 Å². The first-order valence-corrected chi connectivity index (χ1v) is 8.91. The molecule has 0 amide bonds. The summed E-state index contributed by atoms with van der Waals surface area (Å²) in [7, 11) is 7.75. The van der Waals surface area contributed by atoms with Gasteiger partial charge in [0.05, 0.1) is 13.2 Å². The van der Waals surface area contributed by atoms with Crippen molar-refractivity contribution in [3.05, 3.63) is 29.8 Å². The van der Waals surface area contributed by atoms with Gasteiger partial charge in [-0.1, -0.05) is 31.4 Å². The highest BCUT2D eigenvalue weighted by molar-refractivity contribution is 5.80. The first kappa shape index (κ1) is 18.6. The molecular formula is C19H32N4O. The molecule has 1 aromatic carbocycles. The van der Waals surface area contributed by atoms with Crippen LogP contribution in [-0.4, -0.2) is 51.7 Å². The van der Waals surface area contributed by atoms with Gasteiger partial charge in [-0.3, -0.25) is 4.99 Å². The smallest absolute Gasteiger partial charge is 0.191 e. The predicted octanol–water partition coefficient (Wildman–Crippen LogP) is 2.80. The molecule has 0 spiro atoms. The summed E-state index contributed by atoms with van der Waals surface area (Å²) in [6, 6.07) is 9.08. The second-order valence-electron chi connectivity index (χ2n) is 6.69. The van der Waals surface area contributed by atoms with Crippen LogP contribution in [-0.2, 0) is 0 Å². The number of likely N-dealkylation sites (N-methyl/N-ethyl adjacent to an activating group) is 1. The molecule has 1 aromatic rings. The van der Waals surface area contributed by atoms with Crippen LogP contribution in [0.5, 0.6) is 5.75 Å². The van der Waals surface area contributed by atoms with Crippen LogP contribution in [0.15, 0.2) is 29.3 Å². The molecule has 0 radical (unpaired) electrons. The van der Waals surface area contributed by atoms with Crippen LogP contribution in [0, 0.1) is 0 Å². The number of nitrogens with zero attached hydrogens (tertiary/aromatic N) is 2. The van der Waals surface area contributed by atoms with E-state index in [1.54, 1.807) is 7.11 Å². The fraction of sp³-hybridized carbons (Fsp3) is 0.632. The third-order valence-corrected chi connectivity index (χ3v) is 4.73. The maximum Gasteiger partial charge on any atom is 0.191 e. The molecule has 1 aliphatic rings. The zero-order valence-electron chi connectivity index (χ0n) is 15.5. The second-order valence-corrected chi connectivity index (χ2v) is 6.69. The molecule has 0 saturated heterocycles. The minimum Gasteiger partial charge on any atom is -0.497 e. The van der Waals surface area contributed by atoms with E-state index in [2.05, 4.69) is 46.8 Å². The summed E-state index contributed by atoms with van der Waals surface area (Å²) in [4.78, 5) is 6.61. The number of aliphatic imine (C=N–C) groups is 1. The molecule has 5 nitrogen and oxygen atoms in total. The Labute approximate surface area is 146 Å². The molecule has 24 heavy (non-hydrogen) atoms. The van der Waals surface area contributed by atoms with Crippen LogP contribution in [0.25, 0.3) is 0 Å². The minimum atomic E-state index is 0.255. The topological polar surface area (TPSA) is 48.9 Å². The number of nitrogens with one attached hydrogen (secondary N) is 2. The Kier molecular flexibility index (Phi) is 7.37. The maximum absolute atomic E-state index is 5.36. The van der Waals surface area contributed by atoms with Crippen LogP contribution in [0.4, 0.5) is 0 Å². The van der Waals surface area contributed by atoms with Crippen LogP contribution in [0.1, 0.15) is 43.7 Å². The molecule has 2 rings (SSSR count). The van der Waals surface area contributed by atoms with Gasteiger partial charge < -0.3 is 20.3 Å². The summed E-state index contributed by atoms with van der Waals surface area (Å²) in [5, 5.41) is 7.06. The summed E-state index contributed by atoms with van der Waals surface area (Å²) in [6.45, 7) is 0.798. The number of hydrogen-bond acceptors (Lipinski definition) is 3. The van der Waals surface area contributed by atoms with Gasteiger partial charge in [0.2, 0.25) is 0 Å². The zero-order valence-corrected chi connectivity index (χ0v) is 15.5. The summed E-state index contributed by atoms with van der Waals surface area (Å²) in [5.41, 5.74) is 1.24. The number of ether oxygens (including phenoxy) is 1. The molecule has 0 aromatic heterocycles. The van der Waals surface area contributed by atoms with Crippen molar-refractivity contribution in [3.63, 3.8) is 0 Å². The molecule has 1 saturated carbocycles. The van der Waals surface area contributed by atoms with Crippen molar-refractivity contribution in [1.29, 1.82) is 0 Å². The highest BCUT2D eigenvalue weighted by atomic mass is 16.5. The number of methoxy groups -OCH3 is 1. The van der Waals surface area contributed by atoms with Gasteiger partial charge >= 0.3 is 0 Å². The lowest BCUT2D eigenvalue weighted by atomic mass is 9.96. The largest absolute Gasteiger partial charge is 0.497 e. The second kappa shape index (κ2) is 9.52. The van der Waals surface area contributed by atoms with E-state index in [0.29, 0.717) is 6.04 Å². The van der Waals surface area contributed by atoms with Gasteiger partial charge in [0.1, 0.15) is 5.75 Å². The zero-order chi connectivity index (χ0) is 17.4. The quantitative estimate of drug-likeness (QED) is 0.621. The third-order valence-electron chi connectivity index (χ3n) is 4.73. The Balaban J connectivity index is 1.96. The van der Waals surface area contributed by atoms with Gasteiger partial charge in [0.15, 0.2) is 5.96 Å². The normalized spacial score (nSPS) is 17.6. The molecule has 2 N–H and O–H groups in total. The van der Waals surface area contributed by atoms with Gasteiger partial charge in [-0.15, -0.1) is 0 Å². The summed E-state index contributed by atoms with van der Waals surface area (Å²) < 4.78 is 5.36. The molecule has 1 aliphatic carbocycles. The fourth-order valence-corrected chi connectivity index (χ4v) is 3.28. The molecule has 0 aliphatic heterocycles. The molecule has 1 unspecified atom stereocenters. The van der Waals surface area contributed by atoms with Crippen LogP contribution in [0.3, 0.4) is 0 Å². The van der Waals surface area contributed by atoms with Gasteiger partial charge in [-0.2, -0.15) is 0 Å². The highest BCUT2D eigenvalue weighted by Crippen LogP contribution is 2.22. The SMILES string of the molecule is CN=C(NCC(c1cccc(OC)c1)N(C)C)NC1CCCCC1. The van der Waals surface area contributed by atoms with Crippen molar-refractivity contribution < 1.29 is 4.74 Å². The monoisotopic (exact) mass is 332 g/mol. The Morgan fingerprint density at radius 3 is 2.67 bits per heavy atom. The van der Waals surface area contributed by atoms with E-state index in [4.69, 9.17) is 4.74 Å². The first-order chi connectivity index (χ1) is 11.6. The summed E-state index contributed by atoms with van der Waals surface area (Å²) in [5.74, 6) is 1.79. The Hall–Kier alpha value is -1.75. The van der Waals surface area contributed by atoms with E-state index in [0.717, 1.165) is 18.3 Å². The van der Waals surface area contributed by atoms with E-state index in [-0.39, 0.29) is 6.04 Å². The maximum atomic E-state index is 5.36. The average Bonchev–Trinajstić information content (AvgIpc) is 2.61. The van der Waals surface area contributed by atoms with E-state index in [1.807, 2.05) is 19.2 Å². The number of rotatable bonds is 6. The summed E-state index contributed by atoms with van der Waals surface area (Å²) in [6.07, 6.45) is 6.49. The number of guanidine groups is 1. The standard InChI is InChI=1S/C19H32N4O/c1-20-19(22-16-10-6-5-7-11-16)21-14-18(23(2)3)15-9-8-12-17(13-15)24-4/h8-9,12-13,16,18H,5-7,10-11,14H2,1-4H3,(H2,20,21,22). The Morgan fingerprint density at radius 1 is 1.29 bits per heavy atom. The molecule has 0 bridgehead atoms. The highest BCUT2D eigenvalue weighted by Gasteiger charge is 2.18. The Bertz CT molecular complexity index is 524. The van der Waals surface area contributed by atoms with E-state index in [1.165, 1.54) is 37.7 Å². The van der Waals surface area contributed by atoms with Crippen molar-refractivity contribution in [2.24, 2.45) is 4.99 Å². The van der Waals surface area contributed by atoms with E-state index in [9.17, 15) is 0 Å². The van der Waals surface area contributed by atoms with Crippen LogP contribution in [0.2, 0.25) is 0 Å². The molecule has 1 atom stereocenters. The molecule has 134 valence electrons. The minimum absolute atomic E-state index is 0.255. The first-order valence-electron chi connectivity index (χ1n) is 8.91. The fourth-order valence-electron chi connectivity index (χ4n) is 3.28. The van der Waals surface area contributed by atoms with Crippen molar-refractivity contribution in [1.82, 2.24) is 15.5 Å². The average molecular weight is 332 g/mol. The summed E-state index contributed by atoms with van der Waals surface area (Å²) >= 11 is 0. The molecule has 1 fully saturated rings. The Morgan fingerprint density at radius 2 is 2.04 bits per heavy atom. The lowest BCUT2D eigenvalue weighted by Gasteiger charge is -2.28.